The van der Waals surface area contributed by atoms with E-state index >= 15 is 0 Å². The molecule has 1 N–H and O–H groups in total. The maximum Gasteiger partial charge on any atom is 0.123 e. The number of hydrogen-bond acceptors (Lipinski definition) is 3. The van der Waals surface area contributed by atoms with E-state index in [2.05, 4.69) is 9.80 Å². The summed E-state index contributed by atoms with van der Waals surface area (Å²) >= 11 is 0. The van der Waals surface area contributed by atoms with Crippen LogP contribution in [0, 0.1) is 11.7 Å². The summed E-state index contributed by atoms with van der Waals surface area (Å²) < 4.78 is 12.9. The molecule has 1 aliphatic carbocycles. The molecule has 1 aliphatic heterocycles. The summed E-state index contributed by atoms with van der Waals surface area (Å²) in [6.07, 6.45) is 2.27. The molecule has 0 radical (unpaired) electrons. The van der Waals surface area contributed by atoms with Crippen molar-refractivity contribution in [3.63, 3.8) is 0 Å². The van der Waals surface area contributed by atoms with Gasteiger partial charge in [0, 0.05) is 39.3 Å². The highest BCUT2D eigenvalue weighted by Crippen LogP contribution is 2.32. The number of aliphatic hydroxyl groups is 1. The van der Waals surface area contributed by atoms with Gasteiger partial charge in [-0.15, -0.1) is 0 Å². The standard InChI is InChI=1S/C16H23FN2O/c17-15-5-1-13(2-6-15)11-18-7-9-19(10-8-18)12-16(20)14-3-4-14/h1-2,5-6,14,16,20H,3-4,7-12H2/t16-/m0/s1. The zero-order chi connectivity index (χ0) is 13.9. The van der Waals surface area contributed by atoms with Gasteiger partial charge < -0.3 is 5.11 Å². The molecule has 3 nitrogen and oxygen atoms in total. The molecular formula is C16H23FN2O. The second-order valence-electron chi connectivity index (χ2n) is 6.11. The number of piperazine rings is 1. The molecule has 3 rings (SSSR count). The predicted molar refractivity (Wildman–Crippen MR) is 76.8 cm³/mol. The Hall–Kier alpha value is -0.970. The van der Waals surface area contributed by atoms with Gasteiger partial charge in [0.15, 0.2) is 0 Å². The van der Waals surface area contributed by atoms with E-state index in [0.717, 1.165) is 44.8 Å². The van der Waals surface area contributed by atoms with Crippen LogP contribution in [0.2, 0.25) is 0 Å². The SMILES string of the molecule is O[C@@H](CN1CCN(Cc2ccc(F)cc2)CC1)C1CC1. The molecule has 0 aromatic heterocycles. The number of nitrogens with zero attached hydrogens (tertiary/aromatic N) is 2. The maximum absolute atomic E-state index is 12.9. The van der Waals surface area contributed by atoms with Gasteiger partial charge in [0.05, 0.1) is 6.10 Å². The molecule has 2 fully saturated rings. The van der Waals surface area contributed by atoms with Crippen LogP contribution in [-0.2, 0) is 6.54 Å². The van der Waals surface area contributed by atoms with Gasteiger partial charge in [-0.2, -0.15) is 0 Å². The van der Waals surface area contributed by atoms with E-state index in [4.69, 9.17) is 0 Å². The Labute approximate surface area is 120 Å². The van der Waals surface area contributed by atoms with Gasteiger partial charge >= 0.3 is 0 Å². The lowest BCUT2D eigenvalue weighted by Gasteiger charge is -2.35. The number of aliphatic hydroxyl groups excluding tert-OH is 1. The van der Waals surface area contributed by atoms with Gasteiger partial charge in [0.1, 0.15) is 5.82 Å². The largest absolute Gasteiger partial charge is 0.392 e. The summed E-state index contributed by atoms with van der Waals surface area (Å²) in [6.45, 7) is 5.80. The van der Waals surface area contributed by atoms with Crippen molar-refractivity contribution in [2.24, 2.45) is 5.92 Å². The van der Waals surface area contributed by atoms with E-state index < -0.39 is 0 Å². The van der Waals surface area contributed by atoms with Crippen molar-refractivity contribution in [1.82, 2.24) is 9.80 Å². The molecule has 1 heterocycles. The van der Waals surface area contributed by atoms with Crippen molar-refractivity contribution in [3.8, 4) is 0 Å². The first-order valence-electron chi connectivity index (χ1n) is 7.58. The highest BCUT2D eigenvalue weighted by Gasteiger charge is 2.31. The minimum Gasteiger partial charge on any atom is -0.392 e. The summed E-state index contributed by atoms with van der Waals surface area (Å²) in [5.74, 6) is 0.389. The summed E-state index contributed by atoms with van der Waals surface area (Å²) in [6, 6.07) is 6.77. The number of β-amino-alcohol motifs (C(OH)–C–C–N with tert-alkyl or cyclic N) is 1. The fraction of sp³-hybridized carbons (Fsp3) is 0.625. The van der Waals surface area contributed by atoms with Crippen molar-refractivity contribution in [1.29, 1.82) is 0 Å². The lowest BCUT2D eigenvalue weighted by Crippen LogP contribution is -2.48. The Bertz CT molecular complexity index is 425. The Balaban J connectivity index is 1.42. The van der Waals surface area contributed by atoms with E-state index in [1.54, 1.807) is 0 Å². The summed E-state index contributed by atoms with van der Waals surface area (Å²) in [5.41, 5.74) is 1.16. The van der Waals surface area contributed by atoms with E-state index in [-0.39, 0.29) is 11.9 Å². The first-order valence-corrected chi connectivity index (χ1v) is 7.58. The number of benzene rings is 1. The Morgan fingerprint density at radius 2 is 1.65 bits per heavy atom. The van der Waals surface area contributed by atoms with Crippen molar-refractivity contribution in [2.75, 3.05) is 32.7 Å². The Kier molecular flexibility index (Phi) is 4.34. The highest BCUT2D eigenvalue weighted by atomic mass is 19.1. The topological polar surface area (TPSA) is 26.7 Å². The molecule has 1 saturated heterocycles. The van der Waals surface area contributed by atoms with Crippen molar-refractivity contribution in [2.45, 2.75) is 25.5 Å². The lowest BCUT2D eigenvalue weighted by molar-refractivity contribution is 0.0602. The molecule has 0 spiro atoms. The molecule has 1 atom stereocenters. The first-order chi connectivity index (χ1) is 9.70. The molecule has 110 valence electrons. The minimum absolute atomic E-state index is 0.126. The quantitative estimate of drug-likeness (QED) is 0.888. The van der Waals surface area contributed by atoms with Gasteiger partial charge in [-0.1, -0.05) is 12.1 Å². The van der Waals surface area contributed by atoms with Crippen molar-refractivity contribution >= 4 is 0 Å². The predicted octanol–water partition coefficient (Wildman–Crippen LogP) is 1.71. The van der Waals surface area contributed by atoms with E-state index in [1.165, 1.54) is 25.0 Å². The van der Waals surface area contributed by atoms with Crippen LogP contribution in [0.25, 0.3) is 0 Å². The minimum atomic E-state index is -0.173. The zero-order valence-corrected chi connectivity index (χ0v) is 11.8. The zero-order valence-electron chi connectivity index (χ0n) is 11.8. The Morgan fingerprint density at radius 3 is 2.25 bits per heavy atom. The van der Waals surface area contributed by atoms with Crippen LogP contribution >= 0.6 is 0 Å². The second-order valence-corrected chi connectivity index (χ2v) is 6.11. The normalized spacial score (nSPS) is 22.9. The maximum atomic E-state index is 12.9. The molecule has 0 bridgehead atoms. The molecule has 4 heteroatoms. The van der Waals surface area contributed by atoms with Crippen LogP contribution in [0.1, 0.15) is 18.4 Å². The summed E-state index contributed by atoms with van der Waals surface area (Å²) in [4.78, 5) is 4.76. The molecular weight excluding hydrogens is 255 g/mol. The summed E-state index contributed by atoms with van der Waals surface area (Å²) in [7, 11) is 0. The third kappa shape index (κ3) is 3.78. The molecule has 0 unspecified atom stereocenters. The van der Waals surface area contributed by atoms with Crippen LogP contribution in [0.4, 0.5) is 4.39 Å². The first kappa shape index (κ1) is 14.0. The average Bonchev–Trinajstić information content (AvgIpc) is 3.28. The van der Waals surface area contributed by atoms with E-state index in [0.29, 0.717) is 5.92 Å². The number of rotatable bonds is 5. The molecule has 0 amide bonds. The number of hydrogen-bond donors (Lipinski definition) is 1. The molecule has 1 saturated carbocycles. The molecule has 1 aromatic rings. The smallest absolute Gasteiger partial charge is 0.123 e. The van der Waals surface area contributed by atoms with E-state index in [9.17, 15) is 9.50 Å². The molecule has 2 aliphatic rings. The molecule has 1 aromatic carbocycles. The summed E-state index contributed by atoms with van der Waals surface area (Å²) in [5, 5.41) is 9.98. The monoisotopic (exact) mass is 278 g/mol. The fourth-order valence-electron chi connectivity index (χ4n) is 2.87. The van der Waals surface area contributed by atoms with Gasteiger partial charge in [0.2, 0.25) is 0 Å². The van der Waals surface area contributed by atoms with E-state index in [1.807, 2.05) is 12.1 Å². The van der Waals surface area contributed by atoms with Crippen LogP contribution in [0.5, 0.6) is 0 Å². The highest BCUT2D eigenvalue weighted by molar-refractivity contribution is 5.15. The lowest BCUT2D eigenvalue weighted by atomic mass is 10.1. The van der Waals surface area contributed by atoms with Gasteiger partial charge in [-0.3, -0.25) is 9.80 Å². The second kappa shape index (κ2) is 6.20. The van der Waals surface area contributed by atoms with Crippen LogP contribution in [0.3, 0.4) is 0 Å². The Morgan fingerprint density at radius 1 is 1.05 bits per heavy atom. The molecule has 20 heavy (non-hydrogen) atoms. The third-order valence-electron chi connectivity index (χ3n) is 4.40. The third-order valence-corrected chi connectivity index (χ3v) is 4.40. The fourth-order valence-corrected chi connectivity index (χ4v) is 2.87. The van der Waals surface area contributed by atoms with Crippen LogP contribution in [0.15, 0.2) is 24.3 Å². The number of halogens is 1. The van der Waals surface area contributed by atoms with Gasteiger partial charge in [-0.25, -0.2) is 4.39 Å². The van der Waals surface area contributed by atoms with Crippen molar-refractivity contribution < 1.29 is 9.50 Å². The average molecular weight is 278 g/mol. The van der Waals surface area contributed by atoms with Gasteiger partial charge in [-0.05, 0) is 36.5 Å². The van der Waals surface area contributed by atoms with Crippen LogP contribution in [-0.4, -0.2) is 53.7 Å². The van der Waals surface area contributed by atoms with Crippen LogP contribution < -0.4 is 0 Å². The van der Waals surface area contributed by atoms with Gasteiger partial charge in [0.25, 0.3) is 0 Å². The van der Waals surface area contributed by atoms with Crippen molar-refractivity contribution in [3.05, 3.63) is 35.6 Å².